The van der Waals surface area contributed by atoms with Crippen molar-refractivity contribution < 1.29 is 9.15 Å². The third-order valence-electron chi connectivity index (χ3n) is 1.62. The van der Waals surface area contributed by atoms with E-state index in [0.717, 1.165) is 16.8 Å². The first-order chi connectivity index (χ1) is 6.92. The highest BCUT2D eigenvalue weighted by atomic mass is 16.5. The van der Waals surface area contributed by atoms with E-state index in [4.69, 9.17) is 9.15 Å². The van der Waals surface area contributed by atoms with Gasteiger partial charge >= 0.3 is 0 Å². The Kier molecular flexibility index (Phi) is 3.98. The van der Waals surface area contributed by atoms with Gasteiger partial charge in [-0.15, -0.1) is 0 Å². The first kappa shape index (κ1) is 10.6. The van der Waals surface area contributed by atoms with Crippen molar-refractivity contribution in [3.63, 3.8) is 0 Å². The summed E-state index contributed by atoms with van der Waals surface area (Å²) in [6.07, 6.45) is 1.42. The molecule has 0 unspecified atom stereocenters. The molecule has 0 aliphatic carbocycles. The number of ether oxygens (including phenoxy) is 1. The lowest BCUT2D eigenvalue weighted by atomic mass is 10.3. The summed E-state index contributed by atoms with van der Waals surface area (Å²) >= 11 is 0. The number of benzene rings is 1. The van der Waals surface area contributed by atoms with Gasteiger partial charge < -0.3 is 9.15 Å². The summed E-state index contributed by atoms with van der Waals surface area (Å²) in [5.41, 5.74) is 1.56. The number of hydrogen-bond donors (Lipinski definition) is 0. The van der Waals surface area contributed by atoms with Gasteiger partial charge in [-0.05, 0) is 19.1 Å². The Morgan fingerprint density at radius 1 is 1.36 bits per heavy atom. The molecule has 0 atom stereocenters. The van der Waals surface area contributed by atoms with Crippen molar-refractivity contribution in [3.05, 3.63) is 24.6 Å². The van der Waals surface area contributed by atoms with Gasteiger partial charge in [0.2, 0.25) is 0 Å². The van der Waals surface area contributed by atoms with Crippen LogP contribution >= 0.6 is 0 Å². The SMILES string of the molecule is CC.CCOc1cccc2ocnc12. The Bertz CT molecular complexity index is 381. The maximum atomic E-state index is 5.35. The molecule has 1 aromatic heterocycles. The van der Waals surface area contributed by atoms with Gasteiger partial charge in [-0.25, -0.2) is 4.98 Å². The quantitative estimate of drug-likeness (QED) is 0.734. The Hall–Kier alpha value is -1.51. The number of nitrogens with zero attached hydrogens (tertiary/aromatic N) is 1. The summed E-state index contributed by atoms with van der Waals surface area (Å²) in [6, 6.07) is 5.64. The zero-order chi connectivity index (χ0) is 10.4. The molecule has 0 saturated heterocycles. The van der Waals surface area contributed by atoms with Gasteiger partial charge in [0.05, 0.1) is 6.61 Å². The number of fused-ring (bicyclic) bond motifs is 1. The van der Waals surface area contributed by atoms with E-state index in [0.29, 0.717) is 6.61 Å². The van der Waals surface area contributed by atoms with Crippen LogP contribution in [-0.4, -0.2) is 11.6 Å². The topological polar surface area (TPSA) is 35.3 Å². The maximum absolute atomic E-state index is 5.35. The molecule has 0 aliphatic rings. The fourth-order valence-corrected chi connectivity index (χ4v) is 1.13. The maximum Gasteiger partial charge on any atom is 0.182 e. The molecule has 3 heteroatoms. The fraction of sp³-hybridized carbons (Fsp3) is 0.364. The average Bonchev–Trinajstić information content (AvgIpc) is 2.70. The summed E-state index contributed by atoms with van der Waals surface area (Å²) in [7, 11) is 0. The van der Waals surface area contributed by atoms with Crippen LogP contribution in [0, 0.1) is 0 Å². The normalized spacial score (nSPS) is 9.36. The average molecular weight is 193 g/mol. The molecule has 0 aliphatic heterocycles. The van der Waals surface area contributed by atoms with E-state index in [-0.39, 0.29) is 0 Å². The van der Waals surface area contributed by atoms with Crippen LogP contribution in [0.1, 0.15) is 20.8 Å². The molecule has 2 aromatic rings. The Morgan fingerprint density at radius 2 is 2.14 bits per heavy atom. The Labute approximate surface area is 83.7 Å². The van der Waals surface area contributed by atoms with Gasteiger partial charge in [-0.3, -0.25) is 0 Å². The van der Waals surface area contributed by atoms with Gasteiger partial charge in [0.1, 0.15) is 5.75 Å². The van der Waals surface area contributed by atoms with Crippen molar-refractivity contribution in [2.24, 2.45) is 0 Å². The van der Waals surface area contributed by atoms with Crippen molar-refractivity contribution in [2.75, 3.05) is 6.61 Å². The van der Waals surface area contributed by atoms with Crippen LogP contribution in [0.5, 0.6) is 5.75 Å². The van der Waals surface area contributed by atoms with Crippen molar-refractivity contribution in [1.29, 1.82) is 0 Å². The third-order valence-corrected chi connectivity index (χ3v) is 1.62. The van der Waals surface area contributed by atoms with Crippen molar-refractivity contribution in [1.82, 2.24) is 4.98 Å². The molecule has 76 valence electrons. The molecule has 0 fully saturated rings. The van der Waals surface area contributed by atoms with E-state index in [1.165, 1.54) is 6.39 Å². The Morgan fingerprint density at radius 3 is 2.86 bits per heavy atom. The molecule has 0 spiro atoms. The minimum absolute atomic E-state index is 0.645. The van der Waals surface area contributed by atoms with Gasteiger partial charge in [-0.1, -0.05) is 19.9 Å². The predicted molar refractivity (Wildman–Crippen MR) is 56.5 cm³/mol. The lowest BCUT2D eigenvalue weighted by molar-refractivity contribution is 0.343. The van der Waals surface area contributed by atoms with E-state index >= 15 is 0 Å². The van der Waals surface area contributed by atoms with Gasteiger partial charge in [0, 0.05) is 0 Å². The van der Waals surface area contributed by atoms with Crippen LogP contribution in [-0.2, 0) is 0 Å². The van der Waals surface area contributed by atoms with E-state index in [2.05, 4.69) is 4.98 Å². The first-order valence-corrected chi connectivity index (χ1v) is 4.87. The summed E-state index contributed by atoms with van der Waals surface area (Å²) in [5, 5.41) is 0. The van der Waals surface area contributed by atoms with Crippen molar-refractivity contribution in [3.8, 4) is 5.75 Å². The molecule has 3 nitrogen and oxygen atoms in total. The number of para-hydroxylation sites is 1. The van der Waals surface area contributed by atoms with E-state index in [9.17, 15) is 0 Å². The van der Waals surface area contributed by atoms with Crippen LogP contribution < -0.4 is 4.74 Å². The molecular formula is C11H15NO2. The highest BCUT2D eigenvalue weighted by Gasteiger charge is 2.03. The molecule has 0 amide bonds. The number of aromatic nitrogens is 1. The molecule has 1 aromatic carbocycles. The highest BCUT2D eigenvalue weighted by Crippen LogP contribution is 2.23. The molecule has 2 rings (SSSR count). The summed E-state index contributed by atoms with van der Waals surface area (Å²) in [5.74, 6) is 0.781. The van der Waals surface area contributed by atoms with Crippen LogP contribution in [0.25, 0.3) is 11.1 Å². The summed E-state index contributed by atoms with van der Waals surface area (Å²) in [4.78, 5) is 4.05. The lowest BCUT2D eigenvalue weighted by Gasteiger charge is -2.01. The Balaban J connectivity index is 0.000000461. The molecule has 14 heavy (non-hydrogen) atoms. The van der Waals surface area contributed by atoms with Gasteiger partial charge in [0.15, 0.2) is 17.5 Å². The minimum Gasteiger partial charge on any atom is -0.491 e. The van der Waals surface area contributed by atoms with Crippen LogP contribution in [0.15, 0.2) is 29.0 Å². The monoisotopic (exact) mass is 193 g/mol. The number of oxazole rings is 1. The van der Waals surface area contributed by atoms with Crippen LogP contribution in [0.3, 0.4) is 0 Å². The van der Waals surface area contributed by atoms with Crippen LogP contribution in [0.4, 0.5) is 0 Å². The van der Waals surface area contributed by atoms with Gasteiger partial charge in [-0.2, -0.15) is 0 Å². The number of hydrogen-bond acceptors (Lipinski definition) is 3. The third kappa shape index (κ3) is 2.05. The zero-order valence-corrected chi connectivity index (χ0v) is 8.78. The van der Waals surface area contributed by atoms with E-state index < -0.39 is 0 Å². The smallest absolute Gasteiger partial charge is 0.182 e. The molecule has 1 heterocycles. The zero-order valence-electron chi connectivity index (χ0n) is 8.78. The van der Waals surface area contributed by atoms with Crippen molar-refractivity contribution >= 4 is 11.1 Å². The van der Waals surface area contributed by atoms with Crippen LogP contribution in [0.2, 0.25) is 0 Å². The molecule has 0 N–H and O–H groups in total. The molecule has 0 bridgehead atoms. The van der Waals surface area contributed by atoms with Gasteiger partial charge in [0.25, 0.3) is 0 Å². The summed E-state index contributed by atoms with van der Waals surface area (Å²) in [6.45, 7) is 6.59. The van der Waals surface area contributed by atoms with E-state index in [1.54, 1.807) is 0 Å². The number of rotatable bonds is 2. The second kappa shape index (κ2) is 5.27. The highest BCUT2D eigenvalue weighted by molar-refractivity contribution is 5.79. The van der Waals surface area contributed by atoms with E-state index in [1.807, 2.05) is 39.0 Å². The minimum atomic E-state index is 0.645. The fourth-order valence-electron chi connectivity index (χ4n) is 1.13. The molecule has 0 radical (unpaired) electrons. The summed E-state index contributed by atoms with van der Waals surface area (Å²) < 4.78 is 10.5. The lowest BCUT2D eigenvalue weighted by Crippen LogP contribution is -1.91. The predicted octanol–water partition coefficient (Wildman–Crippen LogP) is 3.25. The standard InChI is InChI=1S/C9H9NO2.C2H6/c1-2-11-7-4-3-5-8-9(7)10-6-12-8;1-2/h3-6H,2H2,1H3;1-2H3. The van der Waals surface area contributed by atoms with Crippen molar-refractivity contribution in [2.45, 2.75) is 20.8 Å². The second-order valence-electron chi connectivity index (χ2n) is 2.39. The first-order valence-electron chi connectivity index (χ1n) is 4.87. The largest absolute Gasteiger partial charge is 0.491 e. The second-order valence-corrected chi connectivity index (χ2v) is 2.39. The molecule has 0 saturated carbocycles. The molecular weight excluding hydrogens is 178 g/mol.